The van der Waals surface area contributed by atoms with Crippen molar-refractivity contribution in [1.29, 1.82) is 0 Å². The van der Waals surface area contributed by atoms with E-state index in [0.717, 1.165) is 5.39 Å². The predicted octanol–water partition coefficient (Wildman–Crippen LogP) is 2.81. The van der Waals surface area contributed by atoms with Gasteiger partial charge in [0, 0.05) is 36.5 Å². The van der Waals surface area contributed by atoms with Crippen molar-refractivity contribution in [3.05, 3.63) is 89.1 Å². The molecular formula is C21H16FN3O4. The van der Waals surface area contributed by atoms with Crippen LogP contribution in [0.25, 0.3) is 16.7 Å². The third-order valence-electron chi connectivity index (χ3n) is 4.25. The molecule has 146 valence electrons. The van der Waals surface area contributed by atoms with Crippen LogP contribution in [-0.4, -0.2) is 22.1 Å². The largest absolute Gasteiger partial charge is 0.484 e. The molecule has 2 heterocycles. The molecule has 0 fully saturated rings. The highest BCUT2D eigenvalue weighted by molar-refractivity contribution is 5.79. The molecule has 29 heavy (non-hydrogen) atoms. The molecule has 0 saturated carbocycles. The fourth-order valence-corrected chi connectivity index (χ4v) is 2.80. The van der Waals surface area contributed by atoms with E-state index >= 15 is 0 Å². The van der Waals surface area contributed by atoms with Crippen LogP contribution in [0, 0.1) is 5.82 Å². The molecule has 0 radical (unpaired) electrons. The fourth-order valence-electron chi connectivity index (χ4n) is 2.80. The maximum atomic E-state index is 14.2. The Morgan fingerprint density at radius 2 is 2.03 bits per heavy atom. The Morgan fingerprint density at radius 1 is 1.17 bits per heavy atom. The van der Waals surface area contributed by atoms with Crippen LogP contribution in [0.15, 0.2) is 76.5 Å². The second-order valence-electron chi connectivity index (χ2n) is 6.28. The van der Waals surface area contributed by atoms with E-state index in [1.165, 1.54) is 18.5 Å². The summed E-state index contributed by atoms with van der Waals surface area (Å²) in [7, 11) is 0. The summed E-state index contributed by atoms with van der Waals surface area (Å²) in [5.41, 5.74) is 0.915. The molecule has 0 aliphatic carbocycles. The molecule has 0 bridgehead atoms. The van der Waals surface area contributed by atoms with Gasteiger partial charge in [-0.1, -0.05) is 6.07 Å². The van der Waals surface area contributed by atoms with Gasteiger partial charge in [-0.05, 0) is 35.9 Å². The SMILES string of the molecule is O=C(COc1ccc2ccc(=O)oc2c1)NCc1ccc(-n2ccnc2)c(F)c1. The number of rotatable bonds is 6. The topological polar surface area (TPSA) is 86.4 Å². The quantitative estimate of drug-likeness (QED) is 0.509. The lowest BCUT2D eigenvalue weighted by Crippen LogP contribution is -2.28. The number of benzene rings is 2. The van der Waals surface area contributed by atoms with Crippen LogP contribution in [0.4, 0.5) is 4.39 Å². The summed E-state index contributed by atoms with van der Waals surface area (Å²) in [6.45, 7) is -0.0614. The van der Waals surface area contributed by atoms with Gasteiger partial charge in [0.2, 0.25) is 0 Å². The monoisotopic (exact) mass is 393 g/mol. The molecule has 0 atom stereocenters. The van der Waals surface area contributed by atoms with Crippen LogP contribution >= 0.6 is 0 Å². The Morgan fingerprint density at radius 3 is 2.83 bits per heavy atom. The van der Waals surface area contributed by atoms with Gasteiger partial charge in [0.1, 0.15) is 17.1 Å². The highest BCUT2D eigenvalue weighted by Crippen LogP contribution is 2.19. The molecule has 1 N–H and O–H groups in total. The molecule has 4 rings (SSSR count). The molecule has 4 aromatic rings. The number of hydrogen-bond donors (Lipinski definition) is 1. The van der Waals surface area contributed by atoms with E-state index in [0.29, 0.717) is 22.6 Å². The van der Waals surface area contributed by atoms with Crippen LogP contribution in [0.1, 0.15) is 5.56 Å². The minimum atomic E-state index is -0.460. The summed E-state index contributed by atoms with van der Waals surface area (Å²) in [6, 6.07) is 12.7. The zero-order valence-electron chi connectivity index (χ0n) is 15.2. The number of carbonyl (C=O) groups is 1. The molecule has 0 saturated heterocycles. The molecular weight excluding hydrogens is 377 g/mol. The smallest absolute Gasteiger partial charge is 0.336 e. The molecule has 1 amide bonds. The van der Waals surface area contributed by atoms with Crippen LogP contribution in [0.3, 0.4) is 0 Å². The number of amides is 1. The van der Waals surface area contributed by atoms with E-state index in [9.17, 15) is 14.0 Å². The second kappa shape index (κ2) is 7.97. The van der Waals surface area contributed by atoms with Gasteiger partial charge in [0.15, 0.2) is 6.61 Å². The summed E-state index contributed by atoms with van der Waals surface area (Å²) in [6.07, 6.45) is 4.72. The minimum absolute atomic E-state index is 0.163. The van der Waals surface area contributed by atoms with Gasteiger partial charge in [-0.15, -0.1) is 0 Å². The first kappa shape index (κ1) is 18.4. The Kier molecular flexibility index (Phi) is 5.07. The standard InChI is InChI=1S/C21H16FN3O4/c22-17-9-14(1-5-18(17)25-8-7-23-13-25)11-24-20(26)12-28-16-4-2-15-3-6-21(27)29-19(15)10-16/h1-10,13H,11-12H2,(H,24,26). The van der Waals surface area contributed by atoms with Gasteiger partial charge < -0.3 is 19.0 Å². The zero-order valence-corrected chi connectivity index (χ0v) is 15.2. The first-order valence-corrected chi connectivity index (χ1v) is 8.79. The molecule has 0 spiro atoms. The summed E-state index contributed by atoms with van der Waals surface area (Å²) in [5, 5.41) is 3.43. The Balaban J connectivity index is 1.33. The lowest BCUT2D eigenvalue weighted by molar-refractivity contribution is -0.123. The van der Waals surface area contributed by atoms with E-state index in [1.807, 2.05) is 0 Å². The Bertz CT molecular complexity index is 1220. The molecule has 0 aliphatic heterocycles. The van der Waals surface area contributed by atoms with Gasteiger partial charge in [0.25, 0.3) is 5.91 Å². The maximum Gasteiger partial charge on any atom is 0.336 e. The van der Waals surface area contributed by atoms with E-state index in [-0.39, 0.29) is 19.1 Å². The number of fused-ring (bicyclic) bond motifs is 1. The number of halogens is 1. The van der Waals surface area contributed by atoms with E-state index < -0.39 is 11.4 Å². The molecule has 0 aliphatic rings. The average molecular weight is 393 g/mol. The van der Waals surface area contributed by atoms with Crippen LogP contribution in [0.2, 0.25) is 0 Å². The van der Waals surface area contributed by atoms with E-state index in [2.05, 4.69) is 10.3 Å². The Labute approximate surface area is 164 Å². The van der Waals surface area contributed by atoms with Crippen molar-refractivity contribution in [1.82, 2.24) is 14.9 Å². The minimum Gasteiger partial charge on any atom is -0.484 e. The van der Waals surface area contributed by atoms with Crippen LogP contribution in [-0.2, 0) is 11.3 Å². The molecule has 0 unspecified atom stereocenters. The van der Waals surface area contributed by atoms with E-state index in [1.54, 1.807) is 53.4 Å². The van der Waals surface area contributed by atoms with Crippen molar-refractivity contribution in [2.45, 2.75) is 6.54 Å². The Hall–Kier alpha value is -3.94. The summed E-state index contributed by atoms with van der Waals surface area (Å²) in [5.74, 6) is -0.375. The molecule has 2 aromatic heterocycles. The lowest BCUT2D eigenvalue weighted by Gasteiger charge is -2.09. The normalized spacial score (nSPS) is 10.8. The molecule has 7 nitrogen and oxygen atoms in total. The maximum absolute atomic E-state index is 14.2. The summed E-state index contributed by atoms with van der Waals surface area (Å²) in [4.78, 5) is 27.2. The van der Waals surface area contributed by atoms with Crippen molar-refractivity contribution in [2.24, 2.45) is 0 Å². The van der Waals surface area contributed by atoms with Crippen molar-refractivity contribution in [3.63, 3.8) is 0 Å². The number of nitrogens with one attached hydrogen (secondary N) is 1. The number of carbonyl (C=O) groups excluding carboxylic acids is 1. The fraction of sp³-hybridized carbons (Fsp3) is 0.0952. The number of aromatic nitrogens is 2. The van der Waals surface area contributed by atoms with Gasteiger partial charge >= 0.3 is 5.63 Å². The van der Waals surface area contributed by atoms with E-state index in [4.69, 9.17) is 9.15 Å². The average Bonchev–Trinajstić information content (AvgIpc) is 3.25. The van der Waals surface area contributed by atoms with Gasteiger partial charge in [-0.25, -0.2) is 14.2 Å². The third kappa shape index (κ3) is 4.32. The first-order chi connectivity index (χ1) is 14.1. The van der Waals surface area contributed by atoms with Crippen molar-refractivity contribution < 1.29 is 18.3 Å². The van der Waals surface area contributed by atoms with Crippen molar-refractivity contribution in [3.8, 4) is 11.4 Å². The summed E-state index contributed by atoms with van der Waals surface area (Å²) < 4.78 is 26.3. The highest BCUT2D eigenvalue weighted by Gasteiger charge is 2.08. The number of nitrogens with zero attached hydrogens (tertiary/aromatic N) is 2. The lowest BCUT2D eigenvalue weighted by atomic mass is 10.2. The molecule has 2 aromatic carbocycles. The van der Waals surface area contributed by atoms with Crippen molar-refractivity contribution >= 4 is 16.9 Å². The predicted molar refractivity (Wildman–Crippen MR) is 103 cm³/mol. The number of ether oxygens (including phenoxy) is 1. The van der Waals surface area contributed by atoms with Crippen molar-refractivity contribution in [2.75, 3.05) is 6.61 Å². The van der Waals surface area contributed by atoms with Gasteiger partial charge in [-0.2, -0.15) is 0 Å². The zero-order chi connectivity index (χ0) is 20.2. The van der Waals surface area contributed by atoms with Gasteiger partial charge in [0.05, 0.1) is 12.0 Å². The highest BCUT2D eigenvalue weighted by atomic mass is 19.1. The summed E-state index contributed by atoms with van der Waals surface area (Å²) >= 11 is 0. The number of hydrogen-bond acceptors (Lipinski definition) is 5. The van der Waals surface area contributed by atoms with Crippen LogP contribution < -0.4 is 15.7 Å². The molecule has 8 heteroatoms. The third-order valence-corrected chi connectivity index (χ3v) is 4.25. The van der Waals surface area contributed by atoms with Gasteiger partial charge in [-0.3, -0.25) is 4.79 Å². The first-order valence-electron chi connectivity index (χ1n) is 8.79. The number of imidazole rings is 1. The van der Waals surface area contributed by atoms with Crippen LogP contribution in [0.5, 0.6) is 5.75 Å². The second-order valence-corrected chi connectivity index (χ2v) is 6.28.